The van der Waals surface area contributed by atoms with E-state index in [2.05, 4.69) is 18.2 Å². The van der Waals surface area contributed by atoms with Gasteiger partial charge in [-0.3, -0.25) is 4.79 Å². The van der Waals surface area contributed by atoms with E-state index in [0.717, 1.165) is 11.3 Å². The van der Waals surface area contributed by atoms with Gasteiger partial charge in [-0.1, -0.05) is 48.5 Å². The highest BCUT2D eigenvalue weighted by Gasteiger charge is 2.32. The Bertz CT molecular complexity index is 642. The van der Waals surface area contributed by atoms with Crippen LogP contribution >= 0.6 is 0 Å². The summed E-state index contributed by atoms with van der Waals surface area (Å²) in [5, 5.41) is 0. The summed E-state index contributed by atoms with van der Waals surface area (Å²) in [5.74, 6) is 0.743. The van der Waals surface area contributed by atoms with E-state index in [1.807, 2.05) is 36.4 Å². The number of benzene rings is 2. The first-order valence-corrected chi connectivity index (χ1v) is 7.42. The fourth-order valence-electron chi connectivity index (χ4n) is 2.93. The Hall–Kier alpha value is -2.33. The fraction of sp³-hybridized carbons (Fsp3) is 0.278. The minimum atomic E-state index is -0.384. The first-order chi connectivity index (χ1) is 10.8. The maximum atomic E-state index is 11.4. The number of fused-ring (bicyclic) bond motifs is 1. The number of nitrogens with two attached hydrogens (primary N) is 1. The molecular formula is C18H19NO3. The molecule has 0 saturated heterocycles. The molecule has 4 nitrogen and oxygen atoms in total. The molecular weight excluding hydrogens is 278 g/mol. The fourth-order valence-corrected chi connectivity index (χ4v) is 2.93. The SMILES string of the molecule is NCC(=O)OCC1COc2ccccc2C1c1ccccc1. The Morgan fingerprint density at radius 3 is 2.64 bits per heavy atom. The molecule has 0 aromatic heterocycles. The van der Waals surface area contributed by atoms with E-state index < -0.39 is 0 Å². The highest BCUT2D eigenvalue weighted by atomic mass is 16.5. The second kappa shape index (κ2) is 6.62. The third-order valence-corrected chi connectivity index (χ3v) is 3.96. The third-order valence-electron chi connectivity index (χ3n) is 3.96. The molecule has 22 heavy (non-hydrogen) atoms. The Balaban J connectivity index is 1.91. The molecule has 0 radical (unpaired) electrons. The minimum absolute atomic E-state index is 0.0767. The van der Waals surface area contributed by atoms with E-state index in [-0.39, 0.29) is 24.3 Å². The van der Waals surface area contributed by atoms with Crippen molar-refractivity contribution in [2.24, 2.45) is 11.7 Å². The topological polar surface area (TPSA) is 61.6 Å². The van der Waals surface area contributed by atoms with Gasteiger partial charge in [-0.25, -0.2) is 0 Å². The first kappa shape index (κ1) is 14.6. The molecule has 4 heteroatoms. The zero-order valence-electron chi connectivity index (χ0n) is 12.3. The van der Waals surface area contributed by atoms with E-state index in [4.69, 9.17) is 15.2 Å². The van der Waals surface area contributed by atoms with Crippen LogP contribution in [0.25, 0.3) is 0 Å². The summed E-state index contributed by atoms with van der Waals surface area (Å²) in [6, 6.07) is 18.3. The van der Waals surface area contributed by atoms with Gasteiger partial charge in [0.15, 0.2) is 0 Å². The van der Waals surface area contributed by atoms with Gasteiger partial charge in [0.2, 0.25) is 0 Å². The second-order valence-electron chi connectivity index (χ2n) is 5.38. The smallest absolute Gasteiger partial charge is 0.319 e. The van der Waals surface area contributed by atoms with Gasteiger partial charge in [0, 0.05) is 17.4 Å². The van der Waals surface area contributed by atoms with Crippen LogP contribution in [0.1, 0.15) is 17.0 Å². The van der Waals surface area contributed by atoms with Crippen molar-refractivity contribution < 1.29 is 14.3 Å². The molecule has 2 atom stereocenters. The summed E-state index contributed by atoms with van der Waals surface area (Å²) in [6.07, 6.45) is 0. The summed E-state index contributed by atoms with van der Waals surface area (Å²) in [6.45, 7) is 0.735. The number of hydrogen-bond acceptors (Lipinski definition) is 4. The standard InChI is InChI=1S/C18H19NO3/c19-10-17(20)22-12-14-11-21-16-9-5-4-8-15(16)18(14)13-6-2-1-3-7-13/h1-9,14,18H,10-12,19H2. The minimum Gasteiger partial charge on any atom is -0.493 e. The average Bonchev–Trinajstić information content (AvgIpc) is 2.59. The van der Waals surface area contributed by atoms with Crippen LogP contribution < -0.4 is 10.5 Å². The number of esters is 1. The maximum Gasteiger partial charge on any atom is 0.319 e. The highest BCUT2D eigenvalue weighted by Crippen LogP contribution is 2.41. The quantitative estimate of drug-likeness (QED) is 0.880. The van der Waals surface area contributed by atoms with Crippen molar-refractivity contribution in [3.63, 3.8) is 0 Å². The van der Waals surface area contributed by atoms with E-state index >= 15 is 0 Å². The van der Waals surface area contributed by atoms with Gasteiger partial charge in [-0.05, 0) is 11.6 Å². The summed E-state index contributed by atoms with van der Waals surface area (Å²) in [4.78, 5) is 11.4. The molecule has 0 aliphatic carbocycles. The third kappa shape index (κ3) is 2.97. The van der Waals surface area contributed by atoms with Gasteiger partial charge in [0.05, 0.1) is 19.8 Å². The number of hydrogen-bond donors (Lipinski definition) is 1. The van der Waals surface area contributed by atoms with Gasteiger partial charge in [-0.15, -0.1) is 0 Å². The van der Waals surface area contributed by atoms with E-state index in [9.17, 15) is 4.79 Å². The van der Waals surface area contributed by atoms with E-state index in [1.54, 1.807) is 0 Å². The molecule has 3 rings (SSSR count). The van der Waals surface area contributed by atoms with Crippen LogP contribution in [0, 0.1) is 5.92 Å². The van der Waals surface area contributed by atoms with Crippen molar-refractivity contribution in [1.82, 2.24) is 0 Å². The van der Waals surface area contributed by atoms with Gasteiger partial charge in [0.1, 0.15) is 5.75 Å². The van der Waals surface area contributed by atoms with E-state index in [1.165, 1.54) is 5.56 Å². The van der Waals surface area contributed by atoms with Gasteiger partial charge in [0.25, 0.3) is 0 Å². The summed E-state index contributed by atoms with van der Waals surface area (Å²) >= 11 is 0. The van der Waals surface area contributed by atoms with Crippen LogP contribution in [0.3, 0.4) is 0 Å². The van der Waals surface area contributed by atoms with Crippen LogP contribution in [0.2, 0.25) is 0 Å². The molecule has 1 aliphatic heterocycles. The lowest BCUT2D eigenvalue weighted by atomic mass is 9.79. The number of para-hydroxylation sites is 1. The zero-order valence-corrected chi connectivity index (χ0v) is 12.3. The molecule has 114 valence electrons. The molecule has 0 bridgehead atoms. The van der Waals surface area contributed by atoms with E-state index in [0.29, 0.717) is 13.2 Å². The van der Waals surface area contributed by atoms with Gasteiger partial charge >= 0.3 is 5.97 Å². The molecule has 2 aromatic rings. The maximum absolute atomic E-state index is 11.4. The molecule has 1 heterocycles. The number of rotatable bonds is 4. The molecule has 1 aliphatic rings. The molecule has 0 fully saturated rings. The predicted molar refractivity (Wildman–Crippen MR) is 83.7 cm³/mol. The normalized spacial score (nSPS) is 19.9. The van der Waals surface area contributed by atoms with Crippen molar-refractivity contribution in [3.05, 3.63) is 65.7 Å². The lowest BCUT2D eigenvalue weighted by Crippen LogP contribution is -2.32. The van der Waals surface area contributed by atoms with Crippen molar-refractivity contribution in [2.45, 2.75) is 5.92 Å². The Morgan fingerprint density at radius 1 is 1.14 bits per heavy atom. The van der Waals surface area contributed by atoms with Crippen LogP contribution in [0.4, 0.5) is 0 Å². The van der Waals surface area contributed by atoms with Crippen LogP contribution in [-0.4, -0.2) is 25.7 Å². The second-order valence-corrected chi connectivity index (χ2v) is 5.38. The van der Waals surface area contributed by atoms with Crippen molar-refractivity contribution in [3.8, 4) is 5.75 Å². The van der Waals surface area contributed by atoms with Crippen molar-refractivity contribution >= 4 is 5.97 Å². The van der Waals surface area contributed by atoms with Crippen molar-refractivity contribution in [1.29, 1.82) is 0 Å². The zero-order chi connectivity index (χ0) is 15.4. The summed E-state index contributed by atoms with van der Waals surface area (Å²) in [7, 11) is 0. The first-order valence-electron chi connectivity index (χ1n) is 7.42. The molecule has 0 spiro atoms. The van der Waals surface area contributed by atoms with Crippen LogP contribution in [0.15, 0.2) is 54.6 Å². The van der Waals surface area contributed by atoms with Gasteiger partial charge in [-0.2, -0.15) is 0 Å². The summed E-state index contributed by atoms with van der Waals surface area (Å²) in [5.41, 5.74) is 7.64. The Labute approximate surface area is 129 Å². The Morgan fingerprint density at radius 2 is 1.86 bits per heavy atom. The molecule has 0 amide bonds. The lowest BCUT2D eigenvalue weighted by molar-refractivity contribution is -0.143. The molecule has 2 N–H and O–H groups in total. The van der Waals surface area contributed by atoms with Gasteiger partial charge < -0.3 is 15.2 Å². The number of carbonyl (C=O) groups excluding carboxylic acids is 1. The predicted octanol–water partition coefficient (Wildman–Crippen LogP) is 2.33. The highest BCUT2D eigenvalue weighted by molar-refractivity contribution is 5.71. The van der Waals surface area contributed by atoms with Crippen LogP contribution in [-0.2, 0) is 9.53 Å². The Kier molecular flexibility index (Phi) is 4.39. The molecule has 2 aromatic carbocycles. The lowest BCUT2D eigenvalue weighted by Gasteiger charge is -2.33. The van der Waals surface area contributed by atoms with Crippen molar-refractivity contribution in [2.75, 3.05) is 19.8 Å². The monoisotopic (exact) mass is 297 g/mol. The van der Waals surface area contributed by atoms with Crippen LogP contribution in [0.5, 0.6) is 5.75 Å². The molecule has 2 unspecified atom stereocenters. The molecule has 0 saturated carbocycles. The largest absolute Gasteiger partial charge is 0.493 e. The summed E-state index contributed by atoms with van der Waals surface area (Å²) < 4.78 is 11.1. The number of ether oxygens (including phenoxy) is 2. The average molecular weight is 297 g/mol. The number of carbonyl (C=O) groups is 1.